The Kier molecular flexibility index (Phi) is 5.90. The Morgan fingerprint density at radius 1 is 1.19 bits per heavy atom. The van der Waals surface area contributed by atoms with Crippen LogP contribution in [0.15, 0.2) is 35.2 Å². The molecule has 0 unspecified atom stereocenters. The minimum atomic E-state index is -3.71. The second-order valence-electron chi connectivity index (χ2n) is 8.27. The molecule has 0 radical (unpaired) electrons. The van der Waals surface area contributed by atoms with Crippen molar-refractivity contribution in [1.82, 2.24) is 10.2 Å². The highest BCUT2D eigenvalue weighted by molar-refractivity contribution is 7.92. The van der Waals surface area contributed by atoms with Crippen molar-refractivity contribution in [2.45, 2.75) is 54.0 Å². The third-order valence-electron chi connectivity index (χ3n) is 6.13. The van der Waals surface area contributed by atoms with Crippen LogP contribution in [0.5, 0.6) is 0 Å². The van der Waals surface area contributed by atoms with Crippen LogP contribution in [-0.2, 0) is 24.1 Å². The molecular formula is C21H25N3O6S. The van der Waals surface area contributed by atoms with Crippen molar-refractivity contribution in [3.05, 3.63) is 30.3 Å². The molecule has 10 heteroatoms. The van der Waals surface area contributed by atoms with Crippen molar-refractivity contribution < 1.29 is 27.5 Å². The van der Waals surface area contributed by atoms with Gasteiger partial charge in [0.2, 0.25) is 5.91 Å². The Morgan fingerprint density at radius 2 is 1.87 bits per heavy atom. The molecular weight excluding hydrogens is 422 g/mol. The molecule has 31 heavy (non-hydrogen) atoms. The van der Waals surface area contributed by atoms with Crippen LogP contribution < -0.4 is 5.32 Å². The molecule has 166 valence electrons. The van der Waals surface area contributed by atoms with E-state index in [4.69, 9.17) is 9.47 Å². The first-order valence-electron chi connectivity index (χ1n) is 10.4. The number of nitrogens with one attached hydrogen (secondary N) is 1. The minimum Gasteiger partial charge on any atom is -0.425 e. The number of carbonyl (C=O) groups is 2. The summed E-state index contributed by atoms with van der Waals surface area (Å²) in [6, 6.07) is 10.1. The maximum absolute atomic E-state index is 13.2. The molecule has 0 bridgehead atoms. The van der Waals surface area contributed by atoms with Crippen LogP contribution >= 0.6 is 0 Å². The summed E-state index contributed by atoms with van der Waals surface area (Å²) in [4.78, 5) is 27.1. The number of benzene rings is 1. The molecule has 1 saturated carbocycles. The molecule has 3 aliphatic rings. The average Bonchev–Trinajstić information content (AvgIpc) is 3.43. The highest BCUT2D eigenvalue weighted by Gasteiger charge is 2.48. The number of nitriles is 1. The Labute approximate surface area is 181 Å². The smallest absolute Gasteiger partial charge is 0.410 e. The predicted octanol–water partition coefficient (Wildman–Crippen LogP) is 1.60. The molecule has 2 aliphatic heterocycles. The maximum Gasteiger partial charge on any atom is 0.410 e. The first-order chi connectivity index (χ1) is 14.8. The number of nitrogens with zero attached hydrogens (tertiary/aromatic N) is 2. The van der Waals surface area contributed by atoms with Gasteiger partial charge in [0.05, 0.1) is 16.2 Å². The van der Waals surface area contributed by atoms with Gasteiger partial charge in [-0.3, -0.25) is 4.79 Å². The Morgan fingerprint density at radius 3 is 2.48 bits per heavy atom. The van der Waals surface area contributed by atoms with Crippen LogP contribution in [0.1, 0.15) is 32.1 Å². The zero-order chi connectivity index (χ0) is 22.1. The SMILES string of the molecule is N#CC1(NC(=O)O[C@H]2C[C@@H](S(=O)(=O)c3ccccc3)CN2C(=O)C2CCOCC2)CC1. The van der Waals surface area contributed by atoms with E-state index >= 15 is 0 Å². The summed E-state index contributed by atoms with van der Waals surface area (Å²) >= 11 is 0. The number of sulfone groups is 1. The summed E-state index contributed by atoms with van der Waals surface area (Å²) in [5, 5.41) is 10.8. The lowest BCUT2D eigenvalue weighted by molar-refractivity contribution is -0.145. The first kappa shape index (κ1) is 21.6. The van der Waals surface area contributed by atoms with E-state index in [0.29, 0.717) is 38.9 Å². The topological polar surface area (TPSA) is 126 Å². The fraction of sp³-hybridized carbons (Fsp3) is 0.571. The van der Waals surface area contributed by atoms with E-state index in [2.05, 4.69) is 5.32 Å². The van der Waals surface area contributed by atoms with Gasteiger partial charge >= 0.3 is 6.09 Å². The van der Waals surface area contributed by atoms with Gasteiger partial charge in [-0.15, -0.1) is 0 Å². The Hall–Kier alpha value is -2.64. The number of likely N-dealkylation sites (tertiary alicyclic amines) is 1. The van der Waals surface area contributed by atoms with Crippen molar-refractivity contribution in [3.8, 4) is 6.07 Å². The van der Waals surface area contributed by atoms with E-state index in [9.17, 15) is 23.3 Å². The monoisotopic (exact) mass is 447 g/mol. The van der Waals surface area contributed by atoms with Gasteiger partial charge in [0.25, 0.3) is 0 Å². The lowest BCUT2D eigenvalue weighted by Gasteiger charge is -2.30. The van der Waals surface area contributed by atoms with Crippen LogP contribution in [0.2, 0.25) is 0 Å². The molecule has 4 rings (SSSR count). The van der Waals surface area contributed by atoms with Gasteiger partial charge in [0, 0.05) is 32.1 Å². The van der Waals surface area contributed by atoms with Crippen LogP contribution in [-0.4, -0.2) is 62.1 Å². The van der Waals surface area contributed by atoms with E-state index in [1.54, 1.807) is 18.2 Å². The molecule has 0 aromatic heterocycles. The van der Waals surface area contributed by atoms with Crippen LogP contribution in [0.3, 0.4) is 0 Å². The zero-order valence-corrected chi connectivity index (χ0v) is 17.8. The van der Waals surface area contributed by atoms with Gasteiger partial charge in [-0.05, 0) is 37.8 Å². The number of carbonyl (C=O) groups excluding carboxylic acids is 2. The molecule has 9 nitrogen and oxygen atoms in total. The van der Waals surface area contributed by atoms with E-state index in [-0.39, 0.29) is 29.7 Å². The highest BCUT2D eigenvalue weighted by Crippen LogP contribution is 2.35. The average molecular weight is 448 g/mol. The van der Waals surface area contributed by atoms with Gasteiger partial charge < -0.3 is 19.7 Å². The summed E-state index contributed by atoms with van der Waals surface area (Å²) in [5.41, 5.74) is -0.916. The second kappa shape index (κ2) is 8.48. The maximum atomic E-state index is 13.2. The highest BCUT2D eigenvalue weighted by atomic mass is 32.2. The van der Waals surface area contributed by atoms with Gasteiger partial charge in [0.1, 0.15) is 5.54 Å². The van der Waals surface area contributed by atoms with Crippen molar-refractivity contribution in [3.63, 3.8) is 0 Å². The van der Waals surface area contributed by atoms with Crippen molar-refractivity contribution in [1.29, 1.82) is 5.26 Å². The number of ether oxygens (including phenoxy) is 2. The van der Waals surface area contributed by atoms with Gasteiger partial charge in [-0.2, -0.15) is 5.26 Å². The summed E-state index contributed by atoms with van der Waals surface area (Å²) in [7, 11) is -3.71. The number of hydrogen-bond acceptors (Lipinski definition) is 7. The van der Waals surface area contributed by atoms with E-state index in [1.807, 2.05) is 6.07 Å². The largest absolute Gasteiger partial charge is 0.425 e. The number of amides is 2. The third-order valence-corrected chi connectivity index (χ3v) is 8.27. The molecule has 3 fully saturated rings. The van der Waals surface area contributed by atoms with Gasteiger partial charge in [-0.25, -0.2) is 13.2 Å². The normalized spacial score (nSPS) is 25.5. The van der Waals surface area contributed by atoms with Gasteiger partial charge in [-0.1, -0.05) is 18.2 Å². The minimum absolute atomic E-state index is 0.0147. The fourth-order valence-electron chi connectivity index (χ4n) is 4.05. The van der Waals surface area contributed by atoms with E-state index in [0.717, 1.165) is 0 Å². The second-order valence-corrected chi connectivity index (χ2v) is 10.5. The predicted molar refractivity (Wildman–Crippen MR) is 108 cm³/mol. The van der Waals surface area contributed by atoms with Crippen LogP contribution in [0, 0.1) is 17.2 Å². The third kappa shape index (κ3) is 4.52. The first-order valence-corrected chi connectivity index (χ1v) is 12.0. The van der Waals surface area contributed by atoms with E-state index < -0.39 is 32.9 Å². The summed E-state index contributed by atoms with van der Waals surface area (Å²) in [6.45, 7) is 0.883. The van der Waals surface area contributed by atoms with Crippen LogP contribution in [0.25, 0.3) is 0 Å². The van der Waals surface area contributed by atoms with Gasteiger partial charge in [0.15, 0.2) is 16.1 Å². The summed E-state index contributed by atoms with van der Waals surface area (Å²) in [5.74, 6) is -0.525. The Balaban J connectivity index is 1.53. The van der Waals surface area contributed by atoms with Crippen LogP contribution in [0.4, 0.5) is 4.79 Å². The van der Waals surface area contributed by atoms with Crippen molar-refractivity contribution in [2.75, 3.05) is 19.8 Å². The number of rotatable bonds is 5. The molecule has 1 aromatic carbocycles. The lowest BCUT2D eigenvalue weighted by atomic mass is 9.99. The van der Waals surface area contributed by atoms with Crippen molar-refractivity contribution in [2.24, 2.45) is 5.92 Å². The molecule has 1 aromatic rings. The molecule has 2 atom stereocenters. The van der Waals surface area contributed by atoms with E-state index in [1.165, 1.54) is 17.0 Å². The van der Waals surface area contributed by atoms with Crippen molar-refractivity contribution >= 4 is 21.8 Å². The molecule has 2 saturated heterocycles. The fourth-order valence-corrected chi connectivity index (χ4v) is 5.75. The molecule has 2 heterocycles. The summed E-state index contributed by atoms with van der Waals surface area (Å²) < 4.78 is 37.1. The Bertz CT molecular complexity index is 980. The molecule has 2 amide bonds. The standard InChI is InChI=1S/C21H25N3O6S/c22-14-21(8-9-21)23-20(26)30-18-12-17(31(27,28)16-4-2-1-3-5-16)13-24(18)19(25)15-6-10-29-11-7-15/h1-5,15,17-18H,6-13H2,(H,23,26)/t17-,18+/m1/s1. The summed E-state index contributed by atoms with van der Waals surface area (Å²) in [6.07, 6.45) is 0.334. The zero-order valence-electron chi connectivity index (χ0n) is 17.0. The molecule has 1 aliphatic carbocycles. The number of hydrogen-bond donors (Lipinski definition) is 1. The molecule has 0 spiro atoms. The lowest BCUT2D eigenvalue weighted by Crippen LogP contribution is -2.46. The number of alkyl carbamates (subject to hydrolysis) is 1. The quantitative estimate of drug-likeness (QED) is 0.726. The molecule has 1 N–H and O–H groups in total.